The Morgan fingerprint density at radius 1 is 1.37 bits per heavy atom. The van der Waals surface area contributed by atoms with E-state index in [1.54, 1.807) is 7.11 Å². The van der Waals surface area contributed by atoms with Gasteiger partial charge < -0.3 is 19.9 Å². The quantitative estimate of drug-likeness (QED) is 0.916. The van der Waals surface area contributed by atoms with Gasteiger partial charge in [0.05, 0.1) is 12.6 Å². The highest BCUT2D eigenvalue weighted by Gasteiger charge is 2.19. The second-order valence-corrected chi connectivity index (χ2v) is 5.25. The van der Waals surface area contributed by atoms with Gasteiger partial charge in [0.25, 0.3) is 0 Å². The van der Waals surface area contributed by atoms with E-state index in [1.165, 1.54) is 22.0 Å². The van der Waals surface area contributed by atoms with Crippen LogP contribution in [0.3, 0.4) is 0 Å². The van der Waals surface area contributed by atoms with Crippen molar-refractivity contribution < 1.29 is 4.74 Å². The van der Waals surface area contributed by atoms with Crippen LogP contribution < -0.4 is 10.5 Å². The number of rotatable bonds is 4. The van der Waals surface area contributed by atoms with E-state index in [0.717, 1.165) is 5.75 Å². The molecule has 0 bridgehead atoms. The van der Waals surface area contributed by atoms with Gasteiger partial charge in [0.1, 0.15) is 5.75 Å². The third-order valence-corrected chi connectivity index (χ3v) is 3.71. The number of hydrogen-bond donors (Lipinski definition) is 1. The Bertz CT molecular complexity index is 587. The summed E-state index contributed by atoms with van der Waals surface area (Å²) in [5.41, 5.74) is 9.66. The Morgan fingerprint density at radius 3 is 2.58 bits per heavy atom. The average Bonchev–Trinajstić information content (AvgIpc) is 2.67. The molecule has 0 aliphatic carbocycles. The monoisotopic (exact) mass is 261 g/mol. The number of hydrogen-bond acceptors (Lipinski definition) is 3. The Labute approximate surface area is 114 Å². The predicted octanol–water partition coefficient (Wildman–Crippen LogP) is 2.06. The van der Waals surface area contributed by atoms with E-state index in [-0.39, 0.29) is 6.04 Å². The van der Waals surface area contributed by atoms with Crippen LogP contribution in [-0.2, 0) is 7.05 Å². The summed E-state index contributed by atoms with van der Waals surface area (Å²) in [4.78, 5) is 2.16. The minimum atomic E-state index is 0.218. The fourth-order valence-electron chi connectivity index (χ4n) is 2.78. The molecule has 0 radical (unpaired) electrons. The van der Waals surface area contributed by atoms with Crippen molar-refractivity contribution in [1.82, 2.24) is 9.47 Å². The van der Waals surface area contributed by atoms with Crippen LogP contribution in [-0.4, -0.2) is 37.2 Å². The zero-order valence-corrected chi connectivity index (χ0v) is 12.4. The summed E-state index contributed by atoms with van der Waals surface area (Å²) in [5.74, 6) is 0.895. The summed E-state index contributed by atoms with van der Waals surface area (Å²) in [6.07, 6.45) is 2.18. The summed E-state index contributed by atoms with van der Waals surface area (Å²) in [7, 11) is 7.90. The highest BCUT2D eigenvalue weighted by molar-refractivity contribution is 5.88. The van der Waals surface area contributed by atoms with Gasteiger partial charge in [-0.05, 0) is 44.3 Å². The normalized spacial score (nSPS) is 13.2. The Morgan fingerprint density at radius 2 is 2.05 bits per heavy atom. The maximum absolute atomic E-state index is 5.93. The molecular weight excluding hydrogens is 238 g/mol. The summed E-state index contributed by atoms with van der Waals surface area (Å²) in [6.45, 7) is 2.71. The lowest BCUT2D eigenvalue weighted by Gasteiger charge is -2.22. The van der Waals surface area contributed by atoms with E-state index < -0.39 is 0 Å². The topological polar surface area (TPSA) is 43.4 Å². The summed E-state index contributed by atoms with van der Waals surface area (Å²) in [5, 5.41) is 1.23. The first-order valence-corrected chi connectivity index (χ1v) is 6.49. The number of methoxy groups -OCH3 is 1. The summed E-state index contributed by atoms with van der Waals surface area (Å²) < 4.78 is 7.56. The van der Waals surface area contributed by atoms with Gasteiger partial charge in [0, 0.05) is 31.2 Å². The van der Waals surface area contributed by atoms with Gasteiger partial charge in [-0.25, -0.2) is 0 Å². The number of ether oxygens (including phenoxy) is 1. The Hall–Kier alpha value is -1.52. The van der Waals surface area contributed by atoms with Gasteiger partial charge in [-0.1, -0.05) is 0 Å². The number of aromatic nitrogens is 1. The molecule has 4 heteroatoms. The number of nitrogens with zero attached hydrogens (tertiary/aromatic N) is 2. The van der Waals surface area contributed by atoms with Crippen molar-refractivity contribution in [3.8, 4) is 5.75 Å². The molecule has 19 heavy (non-hydrogen) atoms. The van der Waals surface area contributed by atoms with Crippen LogP contribution in [0.4, 0.5) is 0 Å². The number of fused-ring (bicyclic) bond motifs is 1. The minimum Gasteiger partial charge on any atom is -0.497 e. The first kappa shape index (κ1) is 13.9. The molecule has 104 valence electrons. The van der Waals surface area contributed by atoms with E-state index in [4.69, 9.17) is 10.5 Å². The molecule has 0 fully saturated rings. The van der Waals surface area contributed by atoms with E-state index in [0.29, 0.717) is 6.54 Å². The molecule has 0 aliphatic rings. The van der Waals surface area contributed by atoms with Gasteiger partial charge in [0.2, 0.25) is 0 Å². The molecule has 2 N–H and O–H groups in total. The largest absolute Gasteiger partial charge is 0.497 e. The molecule has 0 amide bonds. The molecule has 2 aromatic rings. The molecular formula is C15H23N3O. The smallest absolute Gasteiger partial charge is 0.119 e. The molecule has 0 saturated carbocycles. The van der Waals surface area contributed by atoms with Gasteiger partial charge in [-0.15, -0.1) is 0 Å². The van der Waals surface area contributed by atoms with Gasteiger partial charge in [-0.3, -0.25) is 0 Å². The third-order valence-electron chi connectivity index (χ3n) is 3.71. The van der Waals surface area contributed by atoms with Gasteiger partial charge >= 0.3 is 0 Å². The van der Waals surface area contributed by atoms with Gasteiger partial charge in [0.15, 0.2) is 0 Å². The fourth-order valence-corrected chi connectivity index (χ4v) is 2.78. The molecule has 2 rings (SSSR count). The van der Waals surface area contributed by atoms with Crippen LogP contribution in [0, 0.1) is 6.92 Å². The fraction of sp³-hybridized carbons (Fsp3) is 0.467. The molecule has 1 aromatic heterocycles. The van der Waals surface area contributed by atoms with Crippen LogP contribution in [0.25, 0.3) is 10.9 Å². The molecule has 1 heterocycles. The van der Waals surface area contributed by atoms with Crippen molar-refractivity contribution in [2.24, 2.45) is 12.8 Å². The van der Waals surface area contributed by atoms with E-state index in [9.17, 15) is 0 Å². The summed E-state index contributed by atoms with van der Waals surface area (Å²) in [6, 6.07) is 4.39. The van der Waals surface area contributed by atoms with Crippen molar-refractivity contribution in [2.45, 2.75) is 13.0 Å². The highest BCUT2D eigenvalue weighted by atomic mass is 16.5. The van der Waals surface area contributed by atoms with Crippen molar-refractivity contribution in [1.29, 1.82) is 0 Å². The van der Waals surface area contributed by atoms with Crippen LogP contribution in [0.15, 0.2) is 18.3 Å². The number of benzene rings is 1. The maximum Gasteiger partial charge on any atom is 0.119 e. The molecule has 0 saturated heterocycles. The van der Waals surface area contributed by atoms with Crippen molar-refractivity contribution in [2.75, 3.05) is 27.7 Å². The van der Waals surface area contributed by atoms with Crippen LogP contribution in [0.2, 0.25) is 0 Å². The Kier molecular flexibility index (Phi) is 3.83. The lowest BCUT2D eigenvalue weighted by molar-refractivity contribution is 0.307. The molecule has 1 aromatic carbocycles. The molecule has 0 spiro atoms. The number of aryl methyl sites for hydroxylation is 2. The number of nitrogens with two attached hydrogens (primary N) is 1. The summed E-state index contributed by atoms with van der Waals surface area (Å²) >= 11 is 0. The second kappa shape index (κ2) is 5.23. The van der Waals surface area contributed by atoms with Gasteiger partial charge in [-0.2, -0.15) is 0 Å². The zero-order chi connectivity index (χ0) is 14.2. The molecule has 1 unspecified atom stereocenters. The zero-order valence-electron chi connectivity index (χ0n) is 12.4. The minimum absolute atomic E-state index is 0.218. The molecule has 1 atom stereocenters. The number of likely N-dealkylation sites (N-methyl/N-ethyl adjacent to an activating group) is 1. The first-order valence-electron chi connectivity index (χ1n) is 6.49. The van der Waals surface area contributed by atoms with E-state index >= 15 is 0 Å². The second-order valence-electron chi connectivity index (χ2n) is 5.25. The van der Waals surface area contributed by atoms with E-state index in [1.807, 2.05) is 0 Å². The van der Waals surface area contributed by atoms with E-state index in [2.05, 4.69) is 55.9 Å². The molecule has 4 nitrogen and oxygen atoms in total. The van der Waals surface area contributed by atoms with Crippen LogP contribution >= 0.6 is 0 Å². The first-order chi connectivity index (χ1) is 8.99. The standard InChI is InChI=1S/C15H23N3O/c1-10-6-11(19-5)7-12-13(9-18(4)15(10)12)14(8-16)17(2)3/h6-7,9,14H,8,16H2,1-5H3. The van der Waals surface area contributed by atoms with Crippen LogP contribution in [0.5, 0.6) is 5.75 Å². The highest BCUT2D eigenvalue weighted by Crippen LogP contribution is 2.33. The average molecular weight is 261 g/mol. The Balaban J connectivity index is 2.71. The van der Waals surface area contributed by atoms with Crippen molar-refractivity contribution in [3.63, 3.8) is 0 Å². The van der Waals surface area contributed by atoms with Crippen molar-refractivity contribution in [3.05, 3.63) is 29.5 Å². The SMILES string of the molecule is COc1cc(C)c2c(c1)c(C(CN)N(C)C)cn2C. The molecule has 0 aliphatic heterocycles. The maximum atomic E-state index is 5.93. The predicted molar refractivity (Wildman–Crippen MR) is 79.7 cm³/mol. The lowest BCUT2D eigenvalue weighted by Crippen LogP contribution is -2.27. The van der Waals surface area contributed by atoms with Crippen LogP contribution in [0.1, 0.15) is 17.2 Å². The van der Waals surface area contributed by atoms with Crippen molar-refractivity contribution >= 4 is 10.9 Å². The third kappa shape index (κ3) is 2.33. The lowest BCUT2D eigenvalue weighted by atomic mass is 10.0.